The first kappa shape index (κ1) is 15.2. The molecule has 0 spiro atoms. The Bertz CT molecular complexity index is 683. The largest absolute Gasteiger partial charge is 0.462 e. The van der Waals surface area contributed by atoms with E-state index in [-0.39, 0.29) is 12.8 Å². The highest BCUT2D eigenvalue weighted by molar-refractivity contribution is 5.95. The molecule has 2 heterocycles. The summed E-state index contributed by atoms with van der Waals surface area (Å²) in [4.78, 5) is 24.2. The van der Waals surface area contributed by atoms with Gasteiger partial charge in [0, 0.05) is 5.70 Å². The maximum Gasteiger partial charge on any atom is 0.338 e. The summed E-state index contributed by atoms with van der Waals surface area (Å²) in [5.41, 5.74) is 1.60. The van der Waals surface area contributed by atoms with Gasteiger partial charge in [-0.25, -0.2) is 9.59 Å². The van der Waals surface area contributed by atoms with Crippen LogP contribution >= 0.6 is 0 Å². The van der Waals surface area contributed by atoms with Crippen molar-refractivity contribution in [1.29, 1.82) is 0 Å². The van der Waals surface area contributed by atoms with E-state index in [2.05, 4.69) is 10.6 Å². The van der Waals surface area contributed by atoms with Crippen molar-refractivity contribution >= 4 is 12.0 Å². The highest BCUT2D eigenvalue weighted by atomic mass is 16.7. The first-order valence-electron chi connectivity index (χ1n) is 7.45. The number of carbonyl (C=O) groups is 2. The predicted molar refractivity (Wildman–Crippen MR) is 80.9 cm³/mol. The zero-order chi connectivity index (χ0) is 16.4. The number of rotatable bonds is 4. The highest BCUT2D eigenvalue weighted by Crippen LogP contribution is 2.36. The molecule has 3 rings (SSSR count). The van der Waals surface area contributed by atoms with Crippen molar-refractivity contribution in [2.24, 2.45) is 0 Å². The summed E-state index contributed by atoms with van der Waals surface area (Å²) in [5, 5.41) is 5.37. The van der Waals surface area contributed by atoms with Crippen molar-refractivity contribution in [2.45, 2.75) is 26.3 Å². The molecule has 1 aromatic rings. The van der Waals surface area contributed by atoms with Crippen LogP contribution in [-0.4, -0.2) is 25.4 Å². The monoisotopic (exact) mass is 318 g/mol. The lowest BCUT2D eigenvalue weighted by atomic mass is 9.95. The minimum absolute atomic E-state index is 0.164. The van der Waals surface area contributed by atoms with Gasteiger partial charge in [0.25, 0.3) is 0 Å². The second kappa shape index (κ2) is 6.20. The topological polar surface area (TPSA) is 85.9 Å². The molecule has 1 unspecified atom stereocenters. The Morgan fingerprint density at radius 3 is 2.91 bits per heavy atom. The van der Waals surface area contributed by atoms with Gasteiger partial charge < -0.3 is 24.8 Å². The van der Waals surface area contributed by atoms with Gasteiger partial charge in [-0.15, -0.1) is 0 Å². The van der Waals surface area contributed by atoms with E-state index in [4.69, 9.17) is 14.2 Å². The SMILES string of the molecule is CCCOC(=O)C1=C(C)NC(=O)NC1c1ccc2c(c1)OCO2. The number of amides is 2. The van der Waals surface area contributed by atoms with Crippen molar-refractivity contribution in [1.82, 2.24) is 10.6 Å². The van der Waals surface area contributed by atoms with Crippen LogP contribution < -0.4 is 20.1 Å². The van der Waals surface area contributed by atoms with E-state index >= 15 is 0 Å². The quantitative estimate of drug-likeness (QED) is 0.829. The number of hydrogen-bond donors (Lipinski definition) is 2. The van der Waals surface area contributed by atoms with E-state index in [1.807, 2.05) is 6.92 Å². The third kappa shape index (κ3) is 2.94. The van der Waals surface area contributed by atoms with Crippen LogP contribution in [0.3, 0.4) is 0 Å². The molecule has 0 bridgehead atoms. The molecule has 0 aliphatic carbocycles. The summed E-state index contributed by atoms with van der Waals surface area (Å²) in [6.07, 6.45) is 0.729. The number of fused-ring (bicyclic) bond motifs is 1. The summed E-state index contributed by atoms with van der Waals surface area (Å²) in [7, 11) is 0. The second-order valence-electron chi connectivity index (χ2n) is 5.32. The van der Waals surface area contributed by atoms with Crippen LogP contribution in [0.15, 0.2) is 29.5 Å². The van der Waals surface area contributed by atoms with Crippen molar-refractivity contribution in [3.8, 4) is 11.5 Å². The van der Waals surface area contributed by atoms with Crippen LogP contribution in [-0.2, 0) is 9.53 Å². The molecule has 23 heavy (non-hydrogen) atoms. The number of carbonyl (C=O) groups excluding carboxylic acids is 2. The summed E-state index contributed by atoms with van der Waals surface area (Å²) in [6, 6.07) is 4.36. The Labute approximate surface area is 133 Å². The van der Waals surface area contributed by atoms with Crippen molar-refractivity contribution < 1.29 is 23.8 Å². The fourth-order valence-corrected chi connectivity index (χ4v) is 2.58. The van der Waals surface area contributed by atoms with E-state index in [1.54, 1.807) is 25.1 Å². The summed E-state index contributed by atoms with van der Waals surface area (Å²) < 4.78 is 15.9. The summed E-state index contributed by atoms with van der Waals surface area (Å²) in [5.74, 6) is 0.790. The van der Waals surface area contributed by atoms with Crippen LogP contribution in [0.25, 0.3) is 0 Å². The Kier molecular flexibility index (Phi) is 4.10. The highest BCUT2D eigenvalue weighted by Gasteiger charge is 2.33. The molecular weight excluding hydrogens is 300 g/mol. The van der Waals surface area contributed by atoms with Crippen LogP contribution in [0.4, 0.5) is 4.79 Å². The minimum atomic E-state index is -0.595. The molecule has 0 radical (unpaired) electrons. The zero-order valence-corrected chi connectivity index (χ0v) is 13.0. The molecule has 0 aromatic heterocycles. The van der Waals surface area contributed by atoms with Gasteiger partial charge in [-0.2, -0.15) is 0 Å². The average molecular weight is 318 g/mol. The average Bonchev–Trinajstić information content (AvgIpc) is 2.99. The van der Waals surface area contributed by atoms with Crippen LogP contribution in [0, 0.1) is 0 Å². The maximum absolute atomic E-state index is 12.4. The minimum Gasteiger partial charge on any atom is -0.462 e. The third-order valence-corrected chi connectivity index (χ3v) is 3.66. The van der Waals surface area contributed by atoms with Gasteiger partial charge in [-0.1, -0.05) is 13.0 Å². The lowest BCUT2D eigenvalue weighted by Gasteiger charge is -2.28. The van der Waals surface area contributed by atoms with E-state index < -0.39 is 12.0 Å². The smallest absolute Gasteiger partial charge is 0.338 e. The van der Waals surface area contributed by atoms with Gasteiger partial charge in [-0.05, 0) is 31.0 Å². The number of allylic oxidation sites excluding steroid dienone is 1. The molecule has 2 N–H and O–H groups in total. The zero-order valence-electron chi connectivity index (χ0n) is 13.0. The lowest BCUT2D eigenvalue weighted by molar-refractivity contribution is -0.139. The number of benzene rings is 1. The van der Waals surface area contributed by atoms with E-state index in [0.717, 1.165) is 12.0 Å². The van der Waals surface area contributed by atoms with Crippen LogP contribution in [0.2, 0.25) is 0 Å². The Hall–Kier alpha value is -2.70. The molecule has 7 nitrogen and oxygen atoms in total. The van der Waals surface area contributed by atoms with Crippen LogP contribution in [0.5, 0.6) is 11.5 Å². The molecule has 2 aliphatic rings. The van der Waals surface area contributed by atoms with Gasteiger partial charge in [0.2, 0.25) is 6.79 Å². The molecular formula is C16H18N2O5. The van der Waals surface area contributed by atoms with Gasteiger partial charge in [0.05, 0.1) is 18.2 Å². The molecule has 0 saturated heterocycles. The van der Waals surface area contributed by atoms with Gasteiger partial charge >= 0.3 is 12.0 Å². The molecule has 1 aromatic carbocycles. The number of urea groups is 1. The molecule has 122 valence electrons. The van der Waals surface area contributed by atoms with Gasteiger partial charge in [0.15, 0.2) is 11.5 Å². The molecule has 0 saturated carbocycles. The van der Waals surface area contributed by atoms with Crippen LogP contribution in [0.1, 0.15) is 31.9 Å². The molecule has 7 heteroatoms. The van der Waals surface area contributed by atoms with Gasteiger partial charge in [0.1, 0.15) is 0 Å². The number of hydrogen-bond acceptors (Lipinski definition) is 5. The third-order valence-electron chi connectivity index (χ3n) is 3.66. The molecule has 2 amide bonds. The van der Waals surface area contributed by atoms with Crippen molar-refractivity contribution in [2.75, 3.05) is 13.4 Å². The van der Waals surface area contributed by atoms with Gasteiger partial charge in [-0.3, -0.25) is 0 Å². The molecule has 2 aliphatic heterocycles. The normalized spacial score (nSPS) is 19.2. The first-order chi connectivity index (χ1) is 11.1. The van der Waals surface area contributed by atoms with E-state index in [0.29, 0.717) is 29.4 Å². The Morgan fingerprint density at radius 2 is 2.13 bits per heavy atom. The molecule has 1 atom stereocenters. The summed E-state index contributed by atoms with van der Waals surface area (Å²) >= 11 is 0. The molecule has 0 fully saturated rings. The first-order valence-corrected chi connectivity index (χ1v) is 7.45. The van der Waals surface area contributed by atoms with Crippen molar-refractivity contribution in [3.63, 3.8) is 0 Å². The summed E-state index contributed by atoms with van der Waals surface area (Å²) in [6.45, 7) is 4.10. The Morgan fingerprint density at radius 1 is 1.35 bits per heavy atom. The lowest BCUT2D eigenvalue weighted by Crippen LogP contribution is -2.45. The fraction of sp³-hybridized carbons (Fsp3) is 0.375. The van der Waals surface area contributed by atoms with Crippen molar-refractivity contribution in [3.05, 3.63) is 35.0 Å². The van der Waals surface area contributed by atoms with E-state index in [9.17, 15) is 9.59 Å². The number of ether oxygens (including phenoxy) is 3. The fourth-order valence-electron chi connectivity index (χ4n) is 2.58. The van der Waals surface area contributed by atoms with E-state index in [1.165, 1.54) is 0 Å². The maximum atomic E-state index is 12.4. The Balaban J connectivity index is 1.95. The standard InChI is InChI=1S/C16H18N2O5/c1-3-6-21-15(19)13-9(2)17-16(20)18-14(13)10-4-5-11-12(7-10)23-8-22-11/h4-5,7,14H,3,6,8H2,1-2H3,(H2,17,18,20). The number of esters is 1. The number of nitrogens with one attached hydrogen (secondary N) is 2. The second-order valence-corrected chi connectivity index (χ2v) is 5.32. The predicted octanol–water partition coefficient (Wildman–Crippen LogP) is 2.00.